The summed E-state index contributed by atoms with van der Waals surface area (Å²) in [7, 11) is -5.24. The van der Waals surface area contributed by atoms with E-state index in [1.807, 2.05) is 12.1 Å². The van der Waals surface area contributed by atoms with Crippen LogP contribution < -0.4 is 10.6 Å². The highest BCUT2D eigenvalue weighted by atomic mass is 32.2. The Labute approximate surface area is 169 Å². The molecule has 0 unspecified atom stereocenters. The first-order valence-electron chi connectivity index (χ1n) is 9.70. The minimum Gasteiger partial charge on any atom is -0.469 e. The molecule has 166 valence electrons. The lowest BCUT2D eigenvalue weighted by Crippen LogP contribution is -2.47. The summed E-state index contributed by atoms with van der Waals surface area (Å²) in [4.78, 5) is 4.52. The molecule has 0 amide bonds. The molecule has 29 heavy (non-hydrogen) atoms. The Hall–Kier alpha value is -1.75. The molecule has 11 heteroatoms. The Balaban J connectivity index is 1.82. The average molecular weight is 439 g/mol. The van der Waals surface area contributed by atoms with Crippen LogP contribution in [0.3, 0.4) is 0 Å². The summed E-state index contributed by atoms with van der Waals surface area (Å²) in [6.07, 6.45) is 3.05. The topological polar surface area (TPSA) is 86.9 Å². The standard InChI is InChI=1S/C18H29F3N4O3S/c1-14(2)12-23-17(22-8-5-16-4-3-11-28-16)24-13-15-6-9-25(10-7-15)29(26,27)18(19,20)21/h3-4,11,14-15H,5-10,12-13H2,1-2H3,(H2,22,23,24). The summed E-state index contributed by atoms with van der Waals surface area (Å²) in [6.45, 7) is 5.64. The highest BCUT2D eigenvalue weighted by Crippen LogP contribution is 2.30. The molecule has 1 aromatic heterocycles. The zero-order valence-electron chi connectivity index (χ0n) is 16.7. The number of hydrogen-bond donors (Lipinski definition) is 2. The molecule has 0 spiro atoms. The molecule has 2 N–H and O–H groups in total. The molecule has 2 heterocycles. The van der Waals surface area contributed by atoms with Gasteiger partial charge in [-0.1, -0.05) is 13.8 Å². The van der Waals surface area contributed by atoms with Crippen LogP contribution in [0.2, 0.25) is 0 Å². The van der Waals surface area contributed by atoms with E-state index in [2.05, 4.69) is 29.5 Å². The van der Waals surface area contributed by atoms with Crippen LogP contribution in [0.25, 0.3) is 0 Å². The lowest BCUT2D eigenvalue weighted by atomic mass is 9.98. The van der Waals surface area contributed by atoms with Crippen molar-refractivity contribution < 1.29 is 26.0 Å². The van der Waals surface area contributed by atoms with Crippen LogP contribution in [0.15, 0.2) is 27.8 Å². The van der Waals surface area contributed by atoms with Crippen molar-refractivity contribution in [2.45, 2.75) is 38.6 Å². The molecule has 0 radical (unpaired) electrons. The van der Waals surface area contributed by atoms with Gasteiger partial charge in [-0.3, -0.25) is 4.99 Å². The summed E-state index contributed by atoms with van der Waals surface area (Å²) in [5.41, 5.74) is -5.24. The fraction of sp³-hybridized carbons (Fsp3) is 0.722. The number of furan rings is 1. The van der Waals surface area contributed by atoms with Gasteiger partial charge in [-0.15, -0.1) is 0 Å². The van der Waals surface area contributed by atoms with Gasteiger partial charge in [0.25, 0.3) is 0 Å². The first-order valence-corrected chi connectivity index (χ1v) is 11.1. The van der Waals surface area contributed by atoms with Gasteiger partial charge in [0.2, 0.25) is 0 Å². The maximum absolute atomic E-state index is 12.7. The largest absolute Gasteiger partial charge is 0.511 e. The third-order valence-electron chi connectivity index (χ3n) is 4.62. The van der Waals surface area contributed by atoms with Crippen LogP contribution >= 0.6 is 0 Å². The minimum absolute atomic E-state index is 0.0748. The van der Waals surface area contributed by atoms with Crippen molar-refractivity contribution in [3.63, 3.8) is 0 Å². The van der Waals surface area contributed by atoms with Crippen LogP contribution in [0.4, 0.5) is 13.2 Å². The minimum atomic E-state index is -5.24. The second-order valence-electron chi connectivity index (χ2n) is 7.51. The van der Waals surface area contributed by atoms with Gasteiger partial charge in [-0.05, 0) is 36.8 Å². The van der Waals surface area contributed by atoms with E-state index < -0.39 is 15.5 Å². The first kappa shape index (κ1) is 23.5. The Morgan fingerprint density at radius 1 is 1.31 bits per heavy atom. The smallest absolute Gasteiger partial charge is 0.469 e. The van der Waals surface area contributed by atoms with Gasteiger partial charge in [-0.2, -0.15) is 17.5 Å². The van der Waals surface area contributed by atoms with Gasteiger partial charge < -0.3 is 15.1 Å². The number of alkyl halides is 3. The quantitative estimate of drug-likeness (QED) is 0.481. The zero-order chi connectivity index (χ0) is 21.5. The van der Waals surface area contributed by atoms with E-state index >= 15 is 0 Å². The SMILES string of the molecule is CC(C)CN=C(NCCc1ccco1)NCC1CCN(S(=O)(=O)C(F)(F)F)CC1. The van der Waals surface area contributed by atoms with Crippen molar-refractivity contribution in [1.82, 2.24) is 14.9 Å². The van der Waals surface area contributed by atoms with Crippen LogP contribution in [0.1, 0.15) is 32.4 Å². The number of rotatable bonds is 8. The third-order valence-corrected chi connectivity index (χ3v) is 6.25. The Morgan fingerprint density at radius 3 is 2.55 bits per heavy atom. The first-order chi connectivity index (χ1) is 13.6. The molecule has 0 saturated carbocycles. The van der Waals surface area contributed by atoms with Gasteiger partial charge >= 0.3 is 15.5 Å². The molecule has 1 aliphatic heterocycles. The normalized spacial score (nSPS) is 17.7. The molecule has 1 aliphatic rings. The highest BCUT2D eigenvalue weighted by molar-refractivity contribution is 7.90. The Kier molecular flexibility index (Phi) is 8.38. The van der Waals surface area contributed by atoms with Gasteiger partial charge in [0.05, 0.1) is 6.26 Å². The molecule has 1 saturated heterocycles. The van der Waals surface area contributed by atoms with Gasteiger partial charge in [0.1, 0.15) is 5.76 Å². The second kappa shape index (κ2) is 10.3. The summed E-state index contributed by atoms with van der Waals surface area (Å²) < 4.78 is 66.8. The van der Waals surface area contributed by atoms with Crippen molar-refractivity contribution in [2.24, 2.45) is 16.8 Å². The highest BCUT2D eigenvalue weighted by Gasteiger charge is 2.50. The number of halogens is 3. The van der Waals surface area contributed by atoms with Gasteiger partial charge in [0, 0.05) is 39.1 Å². The van der Waals surface area contributed by atoms with Crippen LogP contribution in [0.5, 0.6) is 0 Å². The van der Waals surface area contributed by atoms with Crippen molar-refractivity contribution in [1.29, 1.82) is 0 Å². The second-order valence-corrected chi connectivity index (χ2v) is 9.44. The Morgan fingerprint density at radius 2 is 2.00 bits per heavy atom. The summed E-state index contributed by atoms with van der Waals surface area (Å²) >= 11 is 0. The molecule has 0 bridgehead atoms. The molecule has 0 aliphatic carbocycles. The number of sulfonamides is 1. The zero-order valence-corrected chi connectivity index (χ0v) is 17.5. The predicted octanol–water partition coefficient (Wildman–Crippen LogP) is 2.57. The number of nitrogens with one attached hydrogen (secondary N) is 2. The van der Waals surface area contributed by atoms with E-state index in [4.69, 9.17) is 4.42 Å². The average Bonchev–Trinajstić information content (AvgIpc) is 3.16. The van der Waals surface area contributed by atoms with Crippen molar-refractivity contribution in [2.75, 3.05) is 32.7 Å². The van der Waals surface area contributed by atoms with Crippen LogP contribution in [0, 0.1) is 11.8 Å². The molecule has 7 nitrogen and oxygen atoms in total. The number of piperidine rings is 1. The van der Waals surface area contributed by atoms with E-state index in [0.717, 1.165) is 5.76 Å². The van der Waals surface area contributed by atoms with Crippen LogP contribution in [-0.2, 0) is 16.4 Å². The maximum atomic E-state index is 12.7. The molecule has 0 atom stereocenters. The number of nitrogens with zero attached hydrogens (tertiary/aromatic N) is 2. The fourth-order valence-electron chi connectivity index (χ4n) is 2.95. The van der Waals surface area contributed by atoms with E-state index in [1.165, 1.54) is 0 Å². The predicted molar refractivity (Wildman–Crippen MR) is 105 cm³/mol. The molecule has 2 rings (SSSR count). The number of aliphatic imine (C=N–C) groups is 1. The summed E-state index contributed by atoms with van der Waals surface area (Å²) in [6, 6.07) is 3.72. The van der Waals surface area contributed by atoms with Crippen molar-refractivity contribution in [3.05, 3.63) is 24.2 Å². The third kappa shape index (κ3) is 7.22. The molecular formula is C18H29F3N4O3S. The number of hydrogen-bond acceptors (Lipinski definition) is 4. The maximum Gasteiger partial charge on any atom is 0.511 e. The van der Waals surface area contributed by atoms with E-state index in [0.29, 0.717) is 55.1 Å². The summed E-state index contributed by atoms with van der Waals surface area (Å²) in [5.74, 6) is 1.95. The van der Waals surface area contributed by atoms with Crippen LogP contribution in [-0.4, -0.2) is 56.9 Å². The van der Waals surface area contributed by atoms with Crippen molar-refractivity contribution in [3.8, 4) is 0 Å². The summed E-state index contributed by atoms with van der Waals surface area (Å²) in [5, 5.41) is 6.46. The molecular weight excluding hydrogens is 409 g/mol. The van der Waals surface area contributed by atoms with E-state index in [1.54, 1.807) is 6.26 Å². The molecule has 1 fully saturated rings. The number of guanidine groups is 1. The fourth-order valence-corrected chi connectivity index (χ4v) is 3.93. The monoisotopic (exact) mass is 438 g/mol. The molecule has 1 aromatic rings. The lowest BCUT2D eigenvalue weighted by molar-refractivity contribution is -0.0496. The van der Waals surface area contributed by atoms with E-state index in [9.17, 15) is 21.6 Å². The Bertz CT molecular complexity index is 741. The van der Waals surface area contributed by atoms with Gasteiger partial charge in [-0.25, -0.2) is 8.42 Å². The van der Waals surface area contributed by atoms with Crippen molar-refractivity contribution >= 4 is 16.0 Å². The lowest BCUT2D eigenvalue weighted by Gasteiger charge is -2.31. The van der Waals surface area contributed by atoms with E-state index in [-0.39, 0.29) is 19.0 Å². The van der Waals surface area contributed by atoms with Gasteiger partial charge in [0.15, 0.2) is 5.96 Å². The molecule has 0 aromatic carbocycles.